The molecule has 1 aliphatic rings. The van der Waals surface area contributed by atoms with E-state index >= 15 is 0 Å². The van der Waals surface area contributed by atoms with Crippen LogP contribution in [0.1, 0.15) is 32.2 Å². The summed E-state index contributed by atoms with van der Waals surface area (Å²) >= 11 is 2.14. The van der Waals surface area contributed by atoms with Crippen molar-refractivity contribution in [3.63, 3.8) is 0 Å². The molecule has 7 heteroatoms. The first-order valence-corrected chi connectivity index (χ1v) is 8.71. The maximum absolute atomic E-state index is 12.0. The van der Waals surface area contributed by atoms with E-state index in [1.807, 2.05) is 43.5 Å². The summed E-state index contributed by atoms with van der Waals surface area (Å²) in [6.45, 7) is 6.08. The average Bonchev–Trinajstić information content (AvgIpc) is 2.86. The van der Waals surface area contributed by atoms with Crippen molar-refractivity contribution in [2.24, 2.45) is 4.40 Å². The van der Waals surface area contributed by atoms with Gasteiger partial charge < -0.3 is 9.29 Å². The van der Waals surface area contributed by atoms with Crippen molar-refractivity contribution in [1.29, 1.82) is 0 Å². The largest absolute Gasteiger partial charge is 0.591 e. The zero-order valence-electron chi connectivity index (χ0n) is 12.5. The maximum atomic E-state index is 12.0. The van der Waals surface area contributed by atoms with E-state index in [1.165, 1.54) is 0 Å². The zero-order valence-corrected chi connectivity index (χ0v) is 14.9. The highest BCUT2D eigenvalue weighted by molar-refractivity contribution is 9.10. The molecule has 0 N–H and O–H groups in total. The Bertz CT molecular complexity index is 737. The summed E-state index contributed by atoms with van der Waals surface area (Å²) < 4.78 is 24.5. The lowest BCUT2D eigenvalue weighted by Gasteiger charge is -2.20. The van der Waals surface area contributed by atoms with Crippen LogP contribution in [0.4, 0.5) is 0 Å². The van der Waals surface area contributed by atoms with Crippen LogP contribution in [0.5, 0.6) is 5.75 Å². The van der Waals surface area contributed by atoms with E-state index in [9.17, 15) is 4.55 Å². The quantitative estimate of drug-likeness (QED) is 0.591. The van der Waals surface area contributed by atoms with Gasteiger partial charge in [-0.25, -0.2) is 4.98 Å². The van der Waals surface area contributed by atoms with Gasteiger partial charge >= 0.3 is 0 Å². The predicted molar refractivity (Wildman–Crippen MR) is 91.1 cm³/mol. The van der Waals surface area contributed by atoms with E-state index in [0.717, 1.165) is 21.6 Å². The number of aromatic nitrogens is 2. The van der Waals surface area contributed by atoms with Gasteiger partial charge in [-0.2, -0.15) is 0 Å². The second kappa shape index (κ2) is 5.72. The van der Waals surface area contributed by atoms with Crippen molar-refractivity contribution < 1.29 is 9.29 Å². The van der Waals surface area contributed by atoms with Gasteiger partial charge in [-0.1, -0.05) is 20.3 Å². The maximum Gasteiger partial charge on any atom is 0.145 e. The average molecular weight is 382 g/mol. The molecule has 0 saturated carbocycles. The lowest BCUT2D eigenvalue weighted by molar-refractivity contribution is 0.285. The molecule has 0 spiro atoms. The van der Waals surface area contributed by atoms with Gasteiger partial charge in [0.25, 0.3) is 0 Å². The molecule has 0 bridgehead atoms. The summed E-state index contributed by atoms with van der Waals surface area (Å²) in [7, 11) is 0. The Hall–Kier alpha value is -1.31. The molecule has 22 heavy (non-hydrogen) atoms. The second-order valence-corrected chi connectivity index (χ2v) is 8.79. The first-order valence-electron chi connectivity index (χ1n) is 6.81. The van der Waals surface area contributed by atoms with Crippen LogP contribution in [0.2, 0.25) is 0 Å². The van der Waals surface area contributed by atoms with Gasteiger partial charge in [0.2, 0.25) is 0 Å². The fourth-order valence-corrected chi connectivity index (χ4v) is 2.90. The molecule has 0 amide bonds. The highest BCUT2D eigenvalue weighted by Crippen LogP contribution is 2.33. The second-order valence-electron chi connectivity index (χ2n) is 5.94. The van der Waals surface area contributed by atoms with Crippen LogP contribution in [-0.2, 0) is 18.0 Å². The van der Waals surface area contributed by atoms with Crippen LogP contribution in [0.3, 0.4) is 0 Å². The molecule has 1 unspecified atom stereocenters. The van der Waals surface area contributed by atoms with Gasteiger partial charge in [0.05, 0.1) is 11.4 Å². The molecule has 1 atom stereocenters. The first kappa shape index (κ1) is 15.6. The number of benzene rings is 1. The minimum atomic E-state index is -1.30. The van der Waals surface area contributed by atoms with Crippen LogP contribution < -0.4 is 4.74 Å². The SMILES string of the molecule is CC(C)(C)[S+]([O-])N=Cc1ncn2c1COc1cc(Br)ccc1-2. The van der Waals surface area contributed by atoms with Gasteiger partial charge in [-0.15, -0.1) is 0 Å². The number of nitrogens with zero attached hydrogens (tertiary/aromatic N) is 3. The fourth-order valence-electron chi connectivity index (χ4n) is 2.05. The van der Waals surface area contributed by atoms with Gasteiger partial charge in [-0.3, -0.25) is 4.57 Å². The topological polar surface area (TPSA) is 62.5 Å². The first-order chi connectivity index (χ1) is 10.4. The Morgan fingerprint density at radius 3 is 2.95 bits per heavy atom. The van der Waals surface area contributed by atoms with Gasteiger partial charge in [-0.05, 0) is 39.0 Å². The molecule has 0 aliphatic carbocycles. The Morgan fingerprint density at radius 2 is 2.23 bits per heavy atom. The lowest BCUT2D eigenvalue weighted by Crippen LogP contribution is -2.26. The van der Waals surface area contributed by atoms with Crippen molar-refractivity contribution in [3.05, 3.63) is 40.4 Å². The summed E-state index contributed by atoms with van der Waals surface area (Å²) in [6, 6.07) is 5.86. The van der Waals surface area contributed by atoms with Crippen molar-refractivity contribution >= 4 is 33.5 Å². The van der Waals surface area contributed by atoms with Crippen LogP contribution in [-0.4, -0.2) is 25.1 Å². The van der Waals surface area contributed by atoms with Gasteiger partial charge in [0.15, 0.2) is 0 Å². The zero-order chi connectivity index (χ0) is 15.9. The van der Waals surface area contributed by atoms with E-state index in [1.54, 1.807) is 12.5 Å². The van der Waals surface area contributed by atoms with Crippen LogP contribution in [0.15, 0.2) is 33.4 Å². The number of imidazole rings is 1. The number of hydrogen-bond donors (Lipinski definition) is 0. The summed E-state index contributed by atoms with van der Waals surface area (Å²) in [6.07, 6.45) is 3.31. The molecule has 1 aliphatic heterocycles. The number of fused-ring (bicyclic) bond motifs is 3. The fraction of sp³-hybridized carbons (Fsp3) is 0.333. The predicted octanol–water partition coefficient (Wildman–Crippen LogP) is 3.41. The monoisotopic (exact) mass is 381 g/mol. The summed E-state index contributed by atoms with van der Waals surface area (Å²) in [5.74, 6) is 0.807. The molecule has 0 saturated heterocycles. The van der Waals surface area contributed by atoms with Crippen LogP contribution in [0, 0.1) is 0 Å². The minimum absolute atomic E-state index is 0.383. The molecular formula is C15H16BrN3O2S. The number of ether oxygens (including phenoxy) is 1. The standard InChI is InChI=1S/C15H16BrN3O2S/c1-15(2,3)22(20)18-7-11-13-8-21-14-6-10(16)4-5-12(14)19(13)9-17-11/h4-7,9H,8H2,1-3H3. The van der Waals surface area contributed by atoms with Crippen molar-refractivity contribution in [2.45, 2.75) is 32.1 Å². The van der Waals surface area contributed by atoms with Gasteiger partial charge in [0, 0.05) is 4.47 Å². The molecular weight excluding hydrogens is 366 g/mol. The van der Waals surface area contributed by atoms with Crippen molar-refractivity contribution in [1.82, 2.24) is 9.55 Å². The van der Waals surface area contributed by atoms with Crippen molar-refractivity contribution in [3.8, 4) is 11.4 Å². The molecule has 0 radical (unpaired) electrons. The molecule has 0 fully saturated rings. The lowest BCUT2D eigenvalue weighted by atomic mass is 10.2. The highest BCUT2D eigenvalue weighted by Gasteiger charge is 2.26. The molecule has 1 aromatic carbocycles. The molecule has 3 rings (SSSR count). The van der Waals surface area contributed by atoms with E-state index in [4.69, 9.17) is 4.74 Å². The van der Waals surface area contributed by atoms with Gasteiger partial charge in [0.1, 0.15) is 46.7 Å². The summed E-state index contributed by atoms with van der Waals surface area (Å²) in [5.41, 5.74) is 2.53. The Labute approximate surface area is 140 Å². The smallest absolute Gasteiger partial charge is 0.145 e. The Morgan fingerprint density at radius 1 is 1.45 bits per heavy atom. The molecule has 2 heterocycles. The van der Waals surface area contributed by atoms with E-state index < -0.39 is 11.4 Å². The Balaban J connectivity index is 1.93. The normalized spacial score (nSPS) is 15.3. The Kier molecular flexibility index (Phi) is 4.05. The number of hydrogen-bond acceptors (Lipinski definition) is 4. The van der Waals surface area contributed by atoms with Crippen LogP contribution in [0.25, 0.3) is 5.69 Å². The minimum Gasteiger partial charge on any atom is -0.591 e. The van der Waals surface area contributed by atoms with Crippen molar-refractivity contribution in [2.75, 3.05) is 0 Å². The summed E-state index contributed by atoms with van der Waals surface area (Å²) in [4.78, 5) is 4.36. The third-order valence-corrected chi connectivity index (χ3v) is 5.08. The molecule has 5 nitrogen and oxygen atoms in total. The van der Waals surface area contributed by atoms with E-state index in [2.05, 4.69) is 25.3 Å². The molecule has 116 valence electrons. The summed E-state index contributed by atoms with van der Waals surface area (Å²) in [5, 5.41) is 0. The number of halogens is 1. The number of rotatable bonds is 2. The molecule has 2 aromatic rings. The van der Waals surface area contributed by atoms with Crippen LogP contribution >= 0.6 is 15.9 Å². The van der Waals surface area contributed by atoms with E-state index in [0.29, 0.717) is 12.3 Å². The molecule has 1 aromatic heterocycles. The van der Waals surface area contributed by atoms with E-state index in [-0.39, 0.29) is 4.75 Å². The third-order valence-electron chi connectivity index (χ3n) is 3.24. The highest BCUT2D eigenvalue weighted by atomic mass is 79.9. The third kappa shape index (κ3) is 2.93.